The standard InChI is InChI=1S/C17H19F2N5O2/c18-12-2-1-11(14(19)7-12)9-23-5-3-10(4-6-23)13-8-22-17(21)16(15(13)20)24(25)26/h1-2,7-8,10H,3-6,9H2,(H4,20,21,22). The van der Waals surface area contributed by atoms with Crippen LogP contribution in [-0.4, -0.2) is 27.9 Å². The van der Waals surface area contributed by atoms with Crippen molar-refractivity contribution in [1.29, 1.82) is 0 Å². The maximum Gasteiger partial charge on any atom is 0.334 e. The number of nitrogen functional groups attached to an aromatic ring is 2. The van der Waals surface area contributed by atoms with Gasteiger partial charge in [0.15, 0.2) is 0 Å². The van der Waals surface area contributed by atoms with Gasteiger partial charge in [-0.15, -0.1) is 0 Å². The number of nitrogens with zero attached hydrogens (tertiary/aromatic N) is 3. The van der Waals surface area contributed by atoms with Gasteiger partial charge in [0.25, 0.3) is 0 Å². The Hall–Kier alpha value is -2.81. The Kier molecular flexibility index (Phi) is 4.99. The molecule has 0 atom stereocenters. The van der Waals surface area contributed by atoms with E-state index in [9.17, 15) is 18.9 Å². The van der Waals surface area contributed by atoms with Crippen LogP contribution in [0.15, 0.2) is 24.4 Å². The van der Waals surface area contributed by atoms with Crippen molar-refractivity contribution in [3.63, 3.8) is 0 Å². The number of benzene rings is 1. The smallest absolute Gasteiger partial charge is 0.334 e. The number of piperidine rings is 1. The molecular weight excluding hydrogens is 344 g/mol. The van der Waals surface area contributed by atoms with Gasteiger partial charge in [-0.3, -0.25) is 15.0 Å². The molecule has 1 aromatic carbocycles. The second kappa shape index (κ2) is 7.20. The summed E-state index contributed by atoms with van der Waals surface area (Å²) < 4.78 is 26.8. The van der Waals surface area contributed by atoms with Crippen LogP contribution < -0.4 is 11.5 Å². The zero-order valence-electron chi connectivity index (χ0n) is 14.0. The lowest BCUT2D eigenvalue weighted by atomic mass is 9.89. The molecule has 26 heavy (non-hydrogen) atoms. The normalized spacial score (nSPS) is 15.9. The predicted octanol–water partition coefficient (Wildman–Crippen LogP) is 2.81. The molecule has 0 amide bonds. The van der Waals surface area contributed by atoms with Crippen LogP contribution in [-0.2, 0) is 6.54 Å². The summed E-state index contributed by atoms with van der Waals surface area (Å²) in [5.41, 5.74) is 12.3. The lowest BCUT2D eigenvalue weighted by Gasteiger charge is -2.32. The fourth-order valence-corrected chi connectivity index (χ4v) is 3.35. The van der Waals surface area contributed by atoms with Gasteiger partial charge < -0.3 is 11.5 Å². The largest absolute Gasteiger partial charge is 0.393 e. The Bertz CT molecular complexity index is 838. The number of halogens is 2. The highest BCUT2D eigenvalue weighted by Gasteiger charge is 2.28. The van der Waals surface area contributed by atoms with E-state index in [4.69, 9.17) is 11.5 Å². The molecule has 1 aromatic heterocycles. The third-order valence-electron chi connectivity index (χ3n) is 4.77. The third-order valence-corrected chi connectivity index (χ3v) is 4.77. The van der Waals surface area contributed by atoms with E-state index in [0.717, 1.165) is 6.07 Å². The van der Waals surface area contributed by atoms with Crippen molar-refractivity contribution >= 4 is 17.2 Å². The fourth-order valence-electron chi connectivity index (χ4n) is 3.35. The van der Waals surface area contributed by atoms with Gasteiger partial charge in [-0.1, -0.05) is 6.07 Å². The topological polar surface area (TPSA) is 111 Å². The van der Waals surface area contributed by atoms with Crippen molar-refractivity contribution in [3.8, 4) is 0 Å². The van der Waals surface area contributed by atoms with Gasteiger partial charge in [-0.2, -0.15) is 0 Å². The minimum absolute atomic E-state index is 0.0242. The van der Waals surface area contributed by atoms with Crippen LogP contribution in [0.2, 0.25) is 0 Å². The number of anilines is 2. The van der Waals surface area contributed by atoms with Crippen molar-refractivity contribution in [2.75, 3.05) is 24.6 Å². The SMILES string of the molecule is Nc1ncc(C2CCN(Cc3ccc(F)cc3F)CC2)c(N)c1[N+](=O)[O-]. The summed E-state index contributed by atoms with van der Waals surface area (Å²) in [7, 11) is 0. The summed E-state index contributed by atoms with van der Waals surface area (Å²) in [6.07, 6.45) is 2.91. The van der Waals surface area contributed by atoms with Crippen LogP contribution in [0.1, 0.15) is 29.9 Å². The number of nitrogens with two attached hydrogens (primary N) is 2. The molecule has 1 fully saturated rings. The van der Waals surface area contributed by atoms with Gasteiger partial charge in [0.2, 0.25) is 5.82 Å². The second-order valence-corrected chi connectivity index (χ2v) is 6.40. The first-order valence-electron chi connectivity index (χ1n) is 8.21. The van der Waals surface area contributed by atoms with Crippen LogP contribution in [0.3, 0.4) is 0 Å². The molecule has 0 radical (unpaired) electrons. The molecule has 0 unspecified atom stereocenters. The lowest BCUT2D eigenvalue weighted by molar-refractivity contribution is -0.383. The highest BCUT2D eigenvalue weighted by atomic mass is 19.1. The molecule has 9 heteroatoms. The highest BCUT2D eigenvalue weighted by molar-refractivity contribution is 5.72. The molecule has 0 spiro atoms. The number of pyridine rings is 1. The maximum absolute atomic E-state index is 13.8. The summed E-state index contributed by atoms with van der Waals surface area (Å²) in [6.45, 7) is 1.71. The van der Waals surface area contributed by atoms with Crippen molar-refractivity contribution in [2.45, 2.75) is 25.3 Å². The van der Waals surface area contributed by atoms with Gasteiger partial charge in [-0.05, 0) is 37.9 Å². The predicted molar refractivity (Wildman–Crippen MR) is 93.3 cm³/mol. The Morgan fingerprint density at radius 3 is 2.58 bits per heavy atom. The monoisotopic (exact) mass is 363 g/mol. The van der Waals surface area contributed by atoms with Gasteiger partial charge in [-0.25, -0.2) is 13.8 Å². The second-order valence-electron chi connectivity index (χ2n) is 6.40. The van der Waals surface area contributed by atoms with E-state index in [1.807, 2.05) is 0 Å². The molecule has 2 heterocycles. The van der Waals surface area contributed by atoms with E-state index in [-0.39, 0.29) is 23.1 Å². The number of hydrogen-bond acceptors (Lipinski definition) is 6. The van der Waals surface area contributed by atoms with Gasteiger partial charge in [0.05, 0.1) is 4.92 Å². The van der Waals surface area contributed by atoms with Crippen LogP contribution in [0.25, 0.3) is 0 Å². The minimum atomic E-state index is -0.617. The van der Waals surface area contributed by atoms with Crippen LogP contribution >= 0.6 is 0 Å². The van der Waals surface area contributed by atoms with Crippen molar-refractivity contribution in [1.82, 2.24) is 9.88 Å². The van der Waals surface area contributed by atoms with E-state index in [0.29, 0.717) is 43.6 Å². The highest BCUT2D eigenvalue weighted by Crippen LogP contribution is 2.38. The summed E-state index contributed by atoms with van der Waals surface area (Å²) >= 11 is 0. The minimum Gasteiger partial charge on any atom is -0.393 e. The molecule has 138 valence electrons. The van der Waals surface area contributed by atoms with Gasteiger partial charge in [0, 0.05) is 29.9 Å². The van der Waals surface area contributed by atoms with Crippen molar-refractivity contribution in [2.24, 2.45) is 0 Å². The average molecular weight is 363 g/mol. The van der Waals surface area contributed by atoms with E-state index in [2.05, 4.69) is 9.88 Å². The molecule has 0 bridgehead atoms. The summed E-state index contributed by atoms with van der Waals surface area (Å²) in [5, 5.41) is 11.1. The zero-order chi connectivity index (χ0) is 18.8. The van der Waals surface area contributed by atoms with Crippen molar-refractivity contribution in [3.05, 3.63) is 57.3 Å². The Morgan fingerprint density at radius 1 is 1.27 bits per heavy atom. The Balaban J connectivity index is 1.69. The lowest BCUT2D eigenvalue weighted by Crippen LogP contribution is -2.33. The Morgan fingerprint density at radius 2 is 1.96 bits per heavy atom. The first-order chi connectivity index (χ1) is 12.4. The van der Waals surface area contributed by atoms with E-state index < -0.39 is 16.6 Å². The number of aromatic nitrogens is 1. The molecule has 1 saturated heterocycles. The first kappa shape index (κ1) is 18.0. The van der Waals surface area contributed by atoms with Gasteiger partial charge in [0.1, 0.15) is 17.3 Å². The fraction of sp³-hybridized carbons (Fsp3) is 0.353. The number of likely N-dealkylation sites (tertiary alicyclic amines) is 1. The van der Waals surface area contributed by atoms with Crippen LogP contribution in [0.4, 0.5) is 26.0 Å². The number of nitro groups is 1. The van der Waals surface area contributed by atoms with Crippen molar-refractivity contribution < 1.29 is 13.7 Å². The average Bonchev–Trinajstić information content (AvgIpc) is 2.58. The molecule has 0 saturated carbocycles. The summed E-state index contributed by atoms with van der Waals surface area (Å²) in [4.78, 5) is 16.5. The van der Waals surface area contributed by atoms with E-state index in [1.165, 1.54) is 18.3 Å². The maximum atomic E-state index is 13.8. The van der Waals surface area contributed by atoms with Crippen LogP contribution in [0.5, 0.6) is 0 Å². The molecule has 2 aromatic rings. The van der Waals surface area contributed by atoms with Gasteiger partial charge >= 0.3 is 5.69 Å². The molecule has 4 N–H and O–H groups in total. The van der Waals surface area contributed by atoms with Crippen LogP contribution in [0, 0.1) is 21.7 Å². The molecule has 1 aliphatic rings. The molecule has 3 rings (SSSR count). The molecule has 7 nitrogen and oxygen atoms in total. The third kappa shape index (κ3) is 3.57. The molecule has 1 aliphatic heterocycles. The quantitative estimate of drug-likeness (QED) is 0.638. The zero-order valence-corrected chi connectivity index (χ0v) is 14.0. The molecular formula is C17H19F2N5O2. The Labute approximate surface area is 148 Å². The van der Waals surface area contributed by atoms with E-state index in [1.54, 1.807) is 0 Å². The first-order valence-corrected chi connectivity index (χ1v) is 8.21. The number of rotatable bonds is 4. The molecule has 0 aliphatic carbocycles. The summed E-state index contributed by atoms with van der Waals surface area (Å²) in [6, 6.07) is 3.56. The van der Waals surface area contributed by atoms with E-state index >= 15 is 0 Å². The number of hydrogen-bond donors (Lipinski definition) is 2. The summed E-state index contributed by atoms with van der Waals surface area (Å²) in [5.74, 6) is -1.33.